The predicted octanol–water partition coefficient (Wildman–Crippen LogP) is 5.55. The summed E-state index contributed by atoms with van der Waals surface area (Å²) in [5, 5.41) is 0. The summed E-state index contributed by atoms with van der Waals surface area (Å²) < 4.78 is 29.0. The average molecular weight is 374 g/mol. The van der Waals surface area contributed by atoms with Gasteiger partial charge in [-0.15, -0.1) is 0 Å². The second-order valence-electron chi connectivity index (χ2n) is 7.29. The molecule has 2 aromatic rings. The maximum Gasteiger partial charge on any atom is 0.241 e. The number of hydrogen-bond donors (Lipinski definition) is 1. The Morgan fingerprint density at radius 3 is 1.85 bits per heavy atom. The van der Waals surface area contributed by atoms with Gasteiger partial charge in [0.15, 0.2) is 0 Å². The van der Waals surface area contributed by atoms with E-state index in [1.54, 1.807) is 0 Å². The fourth-order valence-electron chi connectivity index (χ4n) is 3.52. The van der Waals surface area contributed by atoms with E-state index in [-0.39, 0.29) is 6.04 Å². The molecule has 3 nitrogen and oxygen atoms in total. The lowest BCUT2D eigenvalue weighted by Gasteiger charge is -2.20. The molecule has 0 aliphatic heterocycles. The summed E-state index contributed by atoms with van der Waals surface area (Å²) in [6.07, 6.45) is 1.79. The predicted molar refractivity (Wildman–Crippen MR) is 109 cm³/mol. The molecule has 2 aromatic carbocycles. The van der Waals surface area contributed by atoms with E-state index in [0.717, 1.165) is 28.7 Å². The Kier molecular flexibility index (Phi) is 6.64. The first-order valence-electron chi connectivity index (χ1n) is 9.39. The zero-order valence-corrected chi connectivity index (χ0v) is 17.6. The third-order valence-corrected chi connectivity index (χ3v) is 6.88. The highest BCUT2D eigenvalue weighted by Crippen LogP contribution is 2.27. The lowest BCUT2D eigenvalue weighted by molar-refractivity contribution is 0.549. The SMILES string of the molecule is CCC(C)c1ccc(C(CC)NS(=O)(=O)c2c(C)cc(C)cc2C)cc1. The summed E-state index contributed by atoms with van der Waals surface area (Å²) >= 11 is 0. The van der Waals surface area contributed by atoms with Crippen molar-refractivity contribution in [2.24, 2.45) is 0 Å². The highest BCUT2D eigenvalue weighted by atomic mass is 32.2. The van der Waals surface area contributed by atoms with Crippen LogP contribution in [-0.2, 0) is 10.0 Å². The first-order valence-corrected chi connectivity index (χ1v) is 10.9. The minimum Gasteiger partial charge on any atom is -0.207 e. The lowest BCUT2D eigenvalue weighted by atomic mass is 9.96. The van der Waals surface area contributed by atoms with Gasteiger partial charge in [-0.2, -0.15) is 0 Å². The van der Waals surface area contributed by atoms with Crippen LogP contribution in [0, 0.1) is 20.8 Å². The first kappa shape index (κ1) is 20.7. The number of sulfonamides is 1. The van der Waals surface area contributed by atoms with Gasteiger partial charge in [-0.25, -0.2) is 13.1 Å². The molecule has 0 saturated heterocycles. The van der Waals surface area contributed by atoms with Gasteiger partial charge in [-0.1, -0.05) is 62.7 Å². The number of aryl methyl sites for hydroxylation is 3. The highest BCUT2D eigenvalue weighted by molar-refractivity contribution is 7.89. The Morgan fingerprint density at radius 1 is 0.885 bits per heavy atom. The zero-order valence-electron chi connectivity index (χ0n) is 16.8. The van der Waals surface area contributed by atoms with E-state index < -0.39 is 10.0 Å². The molecule has 4 heteroatoms. The van der Waals surface area contributed by atoms with Crippen LogP contribution in [0.15, 0.2) is 41.3 Å². The molecule has 0 radical (unpaired) electrons. The fraction of sp³-hybridized carbons (Fsp3) is 0.455. The molecule has 0 bridgehead atoms. The highest BCUT2D eigenvalue weighted by Gasteiger charge is 2.24. The standard InChI is InChI=1S/C22H31NO2S/c1-7-16(4)19-9-11-20(12-10-19)21(8-2)23-26(24,25)22-17(5)13-15(3)14-18(22)6/h9-14,16,21,23H,7-8H2,1-6H3. The topological polar surface area (TPSA) is 46.2 Å². The van der Waals surface area contributed by atoms with Gasteiger partial charge in [0.05, 0.1) is 4.90 Å². The fourth-order valence-corrected chi connectivity index (χ4v) is 5.28. The molecule has 0 fully saturated rings. The van der Waals surface area contributed by atoms with E-state index in [4.69, 9.17) is 0 Å². The third-order valence-electron chi connectivity index (χ3n) is 5.10. The molecular formula is C22H31NO2S. The molecule has 1 N–H and O–H groups in total. The van der Waals surface area contributed by atoms with Gasteiger partial charge >= 0.3 is 0 Å². The molecule has 0 amide bonds. The van der Waals surface area contributed by atoms with Crippen molar-refractivity contribution >= 4 is 10.0 Å². The van der Waals surface area contributed by atoms with Crippen molar-refractivity contribution in [3.8, 4) is 0 Å². The quantitative estimate of drug-likeness (QED) is 0.691. The zero-order chi connectivity index (χ0) is 19.5. The molecular weight excluding hydrogens is 342 g/mol. The van der Waals surface area contributed by atoms with Crippen molar-refractivity contribution in [1.82, 2.24) is 4.72 Å². The van der Waals surface area contributed by atoms with Gasteiger partial charge in [0, 0.05) is 6.04 Å². The van der Waals surface area contributed by atoms with Gasteiger partial charge < -0.3 is 0 Å². The summed E-state index contributed by atoms with van der Waals surface area (Å²) in [4.78, 5) is 0.401. The molecule has 0 aromatic heterocycles. The number of nitrogens with one attached hydrogen (secondary N) is 1. The Bertz CT molecular complexity index is 831. The molecule has 0 aliphatic carbocycles. The summed E-state index contributed by atoms with van der Waals surface area (Å²) in [7, 11) is -3.58. The third kappa shape index (κ3) is 4.54. The van der Waals surface area contributed by atoms with Crippen LogP contribution in [0.1, 0.15) is 73.4 Å². The van der Waals surface area contributed by atoms with E-state index >= 15 is 0 Å². The van der Waals surface area contributed by atoms with Gasteiger partial charge in [-0.05, 0) is 61.8 Å². The minimum atomic E-state index is -3.58. The van der Waals surface area contributed by atoms with E-state index in [2.05, 4.69) is 30.7 Å². The molecule has 0 spiro atoms. The molecule has 2 rings (SSSR count). The van der Waals surface area contributed by atoms with E-state index in [0.29, 0.717) is 17.2 Å². The largest absolute Gasteiger partial charge is 0.241 e. The number of rotatable bonds is 7. The molecule has 142 valence electrons. The van der Waals surface area contributed by atoms with Crippen molar-refractivity contribution in [1.29, 1.82) is 0 Å². The summed E-state index contributed by atoms with van der Waals surface area (Å²) in [6, 6.07) is 11.9. The number of hydrogen-bond acceptors (Lipinski definition) is 2. The van der Waals surface area contributed by atoms with Crippen LogP contribution < -0.4 is 4.72 Å². The normalized spacial score (nSPS) is 14.2. The molecule has 2 unspecified atom stereocenters. The van der Waals surface area contributed by atoms with Crippen molar-refractivity contribution in [3.63, 3.8) is 0 Å². The monoisotopic (exact) mass is 373 g/mol. The van der Waals surface area contributed by atoms with E-state index in [9.17, 15) is 8.42 Å². The Labute approximate surface area is 158 Å². The summed E-state index contributed by atoms with van der Waals surface area (Å²) in [5.74, 6) is 0.513. The van der Waals surface area contributed by atoms with Gasteiger partial charge in [0.1, 0.15) is 0 Å². The van der Waals surface area contributed by atoms with Crippen molar-refractivity contribution in [3.05, 3.63) is 64.2 Å². The summed E-state index contributed by atoms with van der Waals surface area (Å²) in [6.45, 7) is 12.1. The second-order valence-corrected chi connectivity index (χ2v) is 8.94. The summed E-state index contributed by atoms with van der Waals surface area (Å²) in [5.41, 5.74) is 4.95. The van der Waals surface area contributed by atoms with Crippen LogP contribution in [-0.4, -0.2) is 8.42 Å². The van der Waals surface area contributed by atoms with Crippen molar-refractivity contribution in [2.45, 2.75) is 71.2 Å². The van der Waals surface area contributed by atoms with Gasteiger partial charge in [0.2, 0.25) is 10.0 Å². The lowest BCUT2D eigenvalue weighted by Crippen LogP contribution is -2.29. The molecule has 0 aliphatic rings. The molecule has 2 atom stereocenters. The Balaban J connectivity index is 2.32. The smallest absolute Gasteiger partial charge is 0.207 e. The Hall–Kier alpha value is -1.65. The van der Waals surface area contributed by atoms with E-state index in [1.807, 2.05) is 52.0 Å². The molecule has 26 heavy (non-hydrogen) atoms. The maximum atomic E-state index is 13.0. The maximum absolute atomic E-state index is 13.0. The van der Waals surface area contributed by atoms with Gasteiger partial charge in [-0.3, -0.25) is 0 Å². The van der Waals surface area contributed by atoms with Gasteiger partial charge in [0.25, 0.3) is 0 Å². The first-order chi connectivity index (χ1) is 12.2. The Morgan fingerprint density at radius 2 is 1.38 bits per heavy atom. The number of benzene rings is 2. The van der Waals surface area contributed by atoms with Crippen molar-refractivity contribution < 1.29 is 8.42 Å². The molecule has 0 saturated carbocycles. The second kappa shape index (κ2) is 8.36. The van der Waals surface area contributed by atoms with Crippen LogP contribution >= 0.6 is 0 Å². The molecule has 0 heterocycles. The van der Waals surface area contributed by atoms with Crippen molar-refractivity contribution in [2.75, 3.05) is 0 Å². The van der Waals surface area contributed by atoms with E-state index in [1.165, 1.54) is 5.56 Å². The average Bonchev–Trinajstić information content (AvgIpc) is 2.58. The van der Waals surface area contributed by atoms with Crippen LogP contribution in [0.4, 0.5) is 0 Å². The van der Waals surface area contributed by atoms with Crippen LogP contribution in [0.25, 0.3) is 0 Å². The van der Waals surface area contributed by atoms with Crippen LogP contribution in [0.2, 0.25) is 0 Å². The van der Waals surface area contributed by atoms with Crippen LogP contribution in [0.3, 0.4) is 0 Å². The minimum absolute atomic E-state index is 0.230. The van der Waals surface area contributed by atoms with Crippen LogP contribution in [0.5, 0.6) is 0 Å².